The number of nitrogens with zero attached hydrogens (tertiary/aromatic N) is 6. The van der Waals surface area contributed by atoms with E-state index >= 15 is 0 Å². The van der Waals surface area contributed by atoms with Crippen molar-refractivity contribution in [3.05, 3.63) is 64.9 Å². The van der Waals surface area contributed by atoms with Crippen LogP contribution in [0.3, 0.4) is 0 Å². The van der Waals surface area contributed by atoms with Gasteiger partial charge in [-0.25, -0.2) is 9.37 Å². The van der Waals surface area contributed by atoms with Gasteiger partial charge in [-0.1, -0.05) is 0 Å². The molecule has 1 amide bonds. The third kappa shape index (κ3) is 4.19. The van der Waals surface area contributed by atoms with Crippen molar-refractivity contribution in [3.8, 4) is 28.3 Å². The number of rotatable bonds is 3. The molecule has 0 unspecified atom stereocenters. The van der Waals surface area contributed by atoms with Crippen LogP contribution in [-0.4, -0.2) is 49.4 Å². The molecule has 0 spiro atoms. The number of ether oxygens (including phenoxy) is 1. The SMILES string of the molecule is C[C@H]1Oc2cc(cnc2N)-c2c(c(C(=O)N(C)C)nn2CC2CC2)Cc2cn(C)nc2-c2ccc(F)cc21. The van der Waals surface area contributed by atoms with Gasteiger partial charge >= 0.3 is 0 Å². The maximum Gasteiger partial charge on any atom is 0.274 e. The van der Waals surface area contributed by atoms with Crippen molar-refractivity contribution in [1.82, 2.24) is 29.4 Å². The molecule has 1 aromatic carbocycles. The van der Waals surface area contributed by atoms with Crippen molar-refractivity contribution in [2.45, 2.75) is 38.8 Å². The van der Waals surface area contributed by atoms with Gasteiger partial charge in [-0.2, -0.15) is 10.2 Å². The van der Waals surface area contributed by atoms with E-state index in [4.69, 9.17) is 20.7 Å². The molecule has 0 radical (unpaired) electrons. The van der Waals surface area contributed by atoms with Crippen molar-refractivity contribution in [2.24, 2.45) is 13.0 Å². The van der Waals surface area contributed by atoms with Crippen LogP contribution < -0.4 is 10.5 Å². The lowest BCUT2D eigenvalue weighted by atomic mass is 9.93. The molecule has 2 N–H and O–H groups in total. The average molecular weight is 516 g/mol. The van der Waals surface area contributed by atoms with E-state index in [9.17, 15) is 9.18 Å². The van der Waals surface area contributed by atoms with Crippen molar-refractivity contribution >= 4 is 11.7 Å². The number of halogens is 1. The van der Waals surface area contributed by atoms with Gasteiger partial charge in [0.05, 0.1) is 11.4 Å². The minimum atomic E-state index is -0.531. The lowest BCUT2D eigenvalue weighted by Crippen LogP contribution is -2.23. The molecular weight excluding hydrogens is 485 g/mol. The van der Waals surface area contributed by atoms with Crippen molar-refractivity contribution in [1.29, 1.82) is 0 Å². The zero-order chi connectivity index (χ0) is 26.7. The predicted octanol–water partition coefficient (Wildman–Crippen LogP) is 4.22. The second-order valence-electron chi connectivity index (χ2n) is 10.5. The van der Waals surface area contributed by atoms with Crippen LogP contribution in [0, 0.1) is 11.7 Å². The molecule has 6 rings (SSSR count). The largest absolute Gasteiger partial charge is 0.482 e. The summed E-state index contributed by atoms with van der Waals surface area (Å²) in [5.74, 6) is 0.595. The zero-order valence-corrected chi connectivity index (χ0v) is 21.9. The Kier molecular flexibility index (Phi) is 5.70. The summed E-state index contributed by atoms with van der Waals surface area (Å²) >= 11 is 0. The van der Waals surface area contributed by atoms with Gasteiger partial charge in [-0.3, -0.25) is 14.2 Å². The monoisotopic (exact) mass is 515 g/mol. The number of carbonyl (C=O) groups is 1. The molecule has 0 saturated heterocycles. The minimum absolute atomic E-state index is 0.177. The van der Waals surface area contributed by atoms with Gasteiger partial charge in [0, 0.05) is 74.3 Å². The number of carbonyl (C=O) groups excluding carboxylic acids is 1. The molecule has 2 aliphatic rings. The van der Waals surface area contributed by atoms with E-state index in [1.165, 1.54) is 12.1 Å². The Hall–Kier alpha value is -4.21. The number of pyridine rings is 1. The predicted molar refractivity (Wildman–Crippen MR) is 141 cm³/mol. The van der Waals surface area contributed by atoms with Crippen molar-refractivity contribution in [3.63, 3.8) is 0 Å². The van der Waals surface area contributed by atoms with E-state index in [-0.39, 0.29) is 17.5 Å². The van der Waals surface area contributed by atoms with Crippen LogP contribution in [0.25, 0.3) is 22.5 Å². The van der Waals surface area contributed by atoms with Crippen LogP contribution in [0.4, 0.5) is 10.2 Å². The molecule has 10 heteroatoms. The van der Waals surface area contributed by atoms with E-state index < -0.39 is 6.10 Å². The number of fused-ring (bicyclic) bond motifs is 7. The number of anilines is 1. The second-order valence-corrected chi connectivity index (χ2v) is 10.5. The Bertz CT molecular complexity index is 1570. The zero-order valence-electron chi connectivity index (χ0n) is 21.9. The molecule has 4 aromatic rings. The van der Waals surface area contributed by atoms with Crippen molar-refractivity contribution < 1.29 is 13.9 Å². The summed E-state index contributed by atoms with van der Waals surface area (Å²) in [5.41, 5.74) is 12.0. The third-order valence-corrected chi connectivity index (χ3v) is 7.22. The van der Waals surface area contributed by atoms with Crippen LogP contribution in [0.5, 0.6) is 5.75 Å². The second kappa shape index (κ2) is 8.97. The molecule has 3 aromatic heterocycles. The van der Waals surface area contributed by atoms with Gasteiger partial charge in [0.1, 0.15) is 11.9 Å². The average Bonchev–Trinajstić information content (AvgIpc) is 3.52. The van der Waals surface area contributed by atoms with Gasteiger partial charge in [0.15, 0.2) is 17.3 Å². The van der Waals surface area contributed by atoms with Gasteiger partial charge in [-0.05, 0) is 49.9 Å². The Morgan fingerprint density at radius 2 is 2.03 bits per heavy atom. The molecule has 1 fully saturated rings. The number of aromatic nitrogens is 5. The van der Waals surface area contributed by atoms with Crippen LogP contribution in [0.15, 0.2) is 36.7 Å². The molecular formula is C28H30FN7O2. The maximum atomic E-state index is 14.5. The smallest absolute Gasteiger partial charge is 0.274 e. The fourth-order valence-electron chi connectivity index (χ4n) is 5.15. The normalized spacial score (nSPS) is 16.4. The summed E-state index contributed by atoms with van der Waals surface area (Å²) in [5, 5.41) is 9.62. The van der Waals surface area contributed by atoms with E-state index in [1.807, 2.05) is 30.9 Å². The van der Waals surface area contributed by atoms with Gasteiger partial charge in [-0.15, -0.1) is 0 Å². The van der Waals surface area contributed by atoms with Crippen LogP contribution >= 0.6 is 0 Å². The van der Waals surface area contributed by atoms with Gasteiger partial charge in [0.2, 0.25) is 0 Å². The number of nitrogens with two attached hydrogens (primary N) is 1. The van der Waals surface area contributed by atoms with Crippen LogP contribution in [0.2, 0.25) is 0 Å². The number of hydrogen-bond donors (Lipinski definition) is 1. The first-order valence-electron chi connectivity index (χ1n) is 12.8. The molecule has 38 heavy (non-hydrogen) atoms. The highest BCUT2D eigenvalue weighted by atomic mass is 19.1. The molecule has 1 saturated carbocycles. The Morgan fingerprint density at radius 1 is 1.24 bits per heavy atom. The summed E-state index contributed by atoms with van der Waals surface area (Å²) < 4.78 is 24.4. The first kappa shape index (κ1) is 24.1. The lowest BCUT2D eigenvalue weighted by Gasteiger charge is -2.21. The third-order valence-electron chi connectivity index (χ3n) is 7.22. The van der Waals surface area contributed by atoms with Crippen molar-refractivity contribution in [2.75, 3.05) is 19.8 Å². The summed E-state index contributed by atoms with van der Waals surface area (Å²) in [7, 11) is 5.30. The van der Waals surface area contributed by atoms with Gasteiger partial charge < -0.3 is 15.4 Å². The Balaban J connectivity index is 1.66. The number of hydrogen-bond acceptors (Lipinski definition) is 6. The highest BCUT2D eigenvalue weighted by molar-refractivity contribution is 5.95. The summed E-state index contributed by atoms with van der Waals surface area (Å²) in [4.78, 5) is 19.4. The number of aryl methyl sites for hydroxylation is 1. The standard InChI is InChI=1S/C28H30FN7O2/c1-15-21-11-19(29)7-8-20(21)24-18(14-35(4)32-24)9-22-25(28(37)34(2)3)33-36(13-16-5-6-16)26(22)17-10-23(38-15)27(30)31-12-17/h7-8,10-12,14-16H,5-6,9,13H2,1-4H3,(H2,30,31)/t15-/m1/s1. The van der Waals surface area contributed by atoms with E-state index in [0.717, 1.165) is 40.8 Å². The highest BCUT2D eigenvalue weighted by Crippen LogP contribution is 2.40. The topological polar surface area (TPSA) is 104 Å². The van der Waals surface area contributed by atoms with E-state index in [1.54, 1.807) is 35.9 Å². The molecule has 196 valence electrons. The first-order valence-corrected chi connectivity index (χ1v) is 12.8. The molecule has 9 nitrogen and oxygen atoms in total. The maximum absolute atomic E-state index is 14.5. The molecule has 4 heterocycles. The number of amides is 1. The quantitative estimate of drug-likeness (QED) is 0.438. The number of benzene rings is 1. The minimum Gasteiger partial charge on any atom is -0.482 e. The number of nitrogen functional groups attached to an aromatic ring is 1. The lowest BCUT2D eigenvalue weighted by molar-refractivity contribution is 0.0820. The first-order chi connectivity index (χ1) is 18.2. The van der Waals surface area contributed by atoms with E-state index in [2.05, 4.69) is 4.98 Å². The molecule has 1 atom stereocenters. The highest BCUT2D eigenvalue weighted by Gasteiger charge is 2.31. The van der Waals surface area contributed by atoms with E-state index in [0.29, 0.717) is 41.6 Å². The Labute approximate surface area is 220 Å². The fourth-order valence-corrected chi connectivity index (χ4v) is 5.15. The summed E-state index contributed by atoms with van der Waals surface area (Å²) in [6.07, 6.45) is 5.79. The Morgan fingerprint density at radius 3 is 2.76 bits per heavy atom. The van der Waals surface area contributed by atoms with Crippen LogP contribution in [0.1, 0.15) is 53.0 Å². The summed E-state index contributed by atoms with van der Waals surface area (Å²) in [6, 6.07) is 6.46. The molecule has 1 aliphatic heterocycles. The summed E-state index contributed by atoms with van der Waals surface area (Å²) in [6.45, 7) is 2.57. The molecule has 2 bridgehead atoms. The van der Waals surface area contributed by atoms with Gasteiger partial charge in [0.25, 0.3) is 5.91 Å². The molecule has 1 aliphatic carbocycles. The fraction of sp³-hybridized carbons (Fsp3) is 0.357. The van der Waals surface area contributed by atoms with Crippen LogP contribution in [-0.2, 0) is 20.0 Å².